The van der Waals surface area contributed by atoms with Crippen LogP contribution < -0.4 is 15.4 Å². The first-order chi connectivity index (χ1) is 16.4. The van der Waals surface area contributed by atoms with Crippen molar-refractivity contribution in [1.29, 1.82) is 0 Å². The maximum absolute atomic E-state index is 14.7. The Hall–Kier alpha value is -4.06. The Morgan fingerprint density at radius 1 is 1.24 bits per heavy atom. The number of carboxylic acids is 1. The number of pyridine rings is 1. The van der Waals surface area contributed by atoms with Gasteiger partial charge in [-0.05, 0) is 31.0 Å². The average molecular weight is 482 g/mol. The fraction of sp³-hybridized carbons (Fsp3) is 0.227. The summed E-state index contributed by atoms with van der Waals surface area (Å²) < 4.78 is 22.7. The minimum Gasteiger partial charge on any atom is -0.481 e. The standard InChI is InChI=1S/C22H19FN6O4S/c23-14-9-13(26-22(32)25-12-1-2-12)3-4-17(14)33-18-5-7-24-15-10-19(34-21(15)18)16-11-29(28-27-16)8-6-20(30)31/h3-5,7,9-12H,1-2,6,8H2,(H,30,31)(H2,25,26,32). The lowest BCUT2D eigenvalue weighted by Gasteiger charge is -2.10. The summed E-state index contributed by atoms with van der Waals surface area (Å²) in [5.74, 6) is -1.10. The number of hydrogen-bond donors (Lipinski definition) is 3. The summed E-state index contributed by atoms with van der Waals surface area (Å²) in [4.78, 5) is 27.7. The monoisotopic (exact) mass is 482 g/mol. The number of urea groups is 1. The molecule has 3 heterocycles. The molecule has 2 amide bonds. The van der Waals surface area contributed by atoms with E-state index in [0.29, 0.717) is 27.3 Å². The highest BCUT2D eigenvalue weighted by atomic mass is 32.1. The smallest absolute Gasteiger partial charge is 0.319 e. The number of anilines is 1. The molecule has 5 rings (SSSR count). The summed E-state index contributed by atoms with van der Waals surface area (Å²) in [6, 6.07) is 7.52. The number of amides is 2. The first-order valence-corrected chi connectivity index (χ1v) is 11.3. The van der Waals surface area contributed by atoms with Crippen LogP contribution in [0.15, 0.2) is 42.7 Å². The largest absolute Gasteiger partial charge is 0.481 e. The number of benzene rings is 1. The molecular weight excluding hydrogens is 463 g/mol. The number of aryl methyl sites for hydroxylation is 1. The van der Waals surface area contributed by atoms with E-state index in [-0.39, 0.29) is 30.8 Å². The Bertz CT molecular complexity index is 1380. The topological polar surface area (TPSA) is 131 Å². The number of fused-ring (bicyclic) bond motifs is 1. The molecule has 3 N–H and O–H groups in total. The maximum Gasteiger partial charge on any atom is 0.319 e. The first-order valence-electron chi connectivity index (χ1n) is 10.5. The van der Waals surface area contributed by atoms with E-state index in [9.17, 15) is 14.0 Å². The zero-order valence-electron chi connectivity index (χ0n) is 17.7. The molecule has 0 bridgehead atoms. The van der Waals surface area contributed by atoms with E-state index < -0.39 is 11.8 Å². The lowest BCUT2D eigenvalue weighted by Crippen LogP contribution is -2.30. The first kappa shape index (κ1) is 21.8. The van der Waals surface area contributed by atoms with Gasteiger partial charge >= 0.3 is 12.0 Å². The Balaban J connectivity index is 1.33. The number of ether oxygens (including phenoxy) is 1. The summed E-state index contributed by atoms with van der Waals surface area (Å²) in [6.07, 6.45) is 5.09. The van der Waals surface area contributed by atoms with Gasteiger partial charge in [-0.1, -0.05) is 5.21 Å². The van der Waals surface area contributed by atoms with Crippen molar-refractivity contribution in [1.82, 2.24) is 25.3 Å². The third-order valence-electron chi connectivity index (χ3n) is 5.04. The lowest BCUT2D eigenvalue weighted by atomic mass is 10.3. The van der Waals surface area contributed by atoms with Gasteiger partial charge in [0.05, 0.1) is 34.3 Å². The van der Waals surface area contributed by atoms with Gasteiger partial charge in [0.25, 0.3) is 0 Å². The normalized spacial score (nSPS) is 13.1. The molecule has 34 heavy (non-hydrogen) atoms. The van der Waals surface area contributed by atoms with Crippen LogP contribution in [0.25, 0.3) is 20.8 Å². The van der Waals surface area contributed by atoms with E-state index >= 15 is 0 Å². The molecular formula is C22H19FN6O4S. The van der Waals surface area contributed by atoms with Crippen LogP contribution in [-0.4, -0.2) is 43.1 Å². The van der Waals surface area contributed by atoms with Crippen LogP contribution in [0.4, 0.5) is 14.9 Å². The third kappa shape index (κ3) is 4.96. The fourth-order valence-electron chi connectivity index (χ4n) is 3.21. The number of thiophene rings is 1. The van der Waals surface area contributed by atoms with Gasteiger partial charge in [-0.15, -0.1) is 16.4 Å². The highest BCUT2D eigenvalue weighted by Gasteiger charge is 2.23. The highest BCUT2D eigenvalue weighted by molar-refractivity contribution is 7.22. The SMILES string of the molecule is O=C(O)CCn1cc(-c2cc3nccc(Oc4ccc(NC(=O)NC5CC5)cc4F)c3s2)nn1. The number of halogens is 1. The second-order valence-corrected chi connectivity index (χ2v) is 8.82. The van der Waals surface area contributed by atoms with Crippen LogP contribution in [0.2, 0.25) is 0 Å². The number of carbonyl (C=O) groups excluding carboxylic acids is 1. The van der Waals surface area contributed by atoms with Crippen LogP contribution in [-0.2, 0) is 11.3 Å². The van der Waals surface area contributed by atoms with E-state index in [4.69, 9.17) is 9.84 Å². The molecule has 1 fully saturated rings. The van der Waals surface area contributed by atoms with E-state index in [0.717, 1.165) is 17.7 Å². The van der Waals surface area contributed by atoms with E-state index in [1.807, 2.05) is 6.07 Å². The van der Waals surface area contributed by atoms with Crippen LogP contribution >= 0.6 is 11.3 Å². The van der Waals surface area contributed by atoms with Gasteiger partial charge in [0.2, 0.25) is 0 Å². The predicted octanol–water partition coefficient (Wildman–Crippen LogP) is 4.24. The molecule has 1 saturated carbocycles. The highest BCUT2D eigenvalue weighted by Crippen LogP contribution is 2.39. The molecule has 0 radical (unpaired) electrons. The van der Waals surface area contributed by atoms with Gasteiger partial charge in [0.15, 0.2) is 11.6 Å². The number of hydrogen-bond acceptors (Lipinski definition) is 7. The summed E-state index contributed by atoms with van der Waals surface area (Å²) in [5, 5.41) is 22.3. The van der Waals surface area contributed by atoms with E-state index in [1.165, 1.54) is 28.2 Å². The zero-order valence-corrected chi connectivity index (χ0v) is 18.5. The van der Waals surface area contributed by atoms with Gasteiger partial charge in [0, 0.05) is 30.1 Å². The maximum atomic E-state index is 14.7. The average Bonchev–Trinajstić information content (AvgIpc) is 3.30. The van der Waals surface area contributed by atoms with Gasteiger partial charge in [0.1, 0.15) is 11.4 Å². The molecule has 4 aromatic rings. The molecule has 12 heteroatoms. The molecule has 0 unspecified atom stereocenters. The number of nitrogens with one attached hydrogen (secondary N) is 2. The number of carbonyl (C=O) groups is 2. The lowest BCUT2D eigenvalue weighted by molar-refractivity contribution is -0.137. The van der Waals surface area contributed by atoms with Gasteiger partial charge in [-0.3, -0.25) is 14.5 Å². The summed E-state index contributed by atoms with van der Waals surface area (Å²) >= 11 is 1.36. The second kappa shape index (κ2) is 9.06. The fourth-order valence-corrected chi connectivity index (χ4v) is 4.23. The number of carboxylic acid groups (broad SMARTS) is 1. The van der Waals surface area contributed by atoms with Crippen molar-refractivity contribution in [3.8, 4) is 22.1 Å². The number of aliphatic carboxylic acids is 1. The van der Waals surface area contributed by atoms with Crippen LogP contribution in [0.5, 0.6) is 11.5 Å². The molecule has 1 aliphatic carbocycles. The van der Waals surface area contributed by atoms with Crippen molar-refractivity contribution in [2.75, 3.05) is 5.32 Å². The minimum atomic E-state index is -0.914. The molecule has 0 atom stereocenters. The van der Waals surface area contributed by atoms with Crippen LogP contribution in [0.1, 0.15) is 19.3 Å². The molecule has 1 aromatic carbocycles. The number of aromatic nitrogens is 4. The predicted molar refractivity (Wildman–Crippen MR) is 123 cm³/mol. The van der Waals surface area contributed by atoms with Gasteiger partial charge in [-0.2, -0.15) is 0 Å². The molecule has 1 aliphatic rings. The molecule has 10 nitrogen and oxygen atoms in total. The summed E-state index contributed by atoms with van der Waals surface area (Å²) in [6.45, 7) is 0.214. The number of nitrogens with zero attached hydrogens (tertiary/aromatic N) is 4. The van der Waals surface area contributed by atoms with Crippen LogP contribution in [0.3, 0.4) is 0 Å². The Kier molecular flexibility index (Phi) is 5.80. The molecule has 0 aliphatic heterocycles. The Morgan fingerprint density at radius 2 is 2.09 bits per heavy atom. The minimum absolute atomic E-state index is 0.00946. The van der Waals surface area contributed by atoms with Crippen molar-refractivity contribution in [2.24, 2.45) is 0 Å². The Morgan fingerprint density at radius 3 is 2.85 bits per heavy atom. The van der Waals surface area contributed by atoms with E-state index in [2.05, 4.69) is 25.9 Å². The quantitative estimate of drug-likeness (QED) is 0.342. The molecule has 0 saturated heterocycles. The van der Waals surface area contributed by atoms with E-state index in [1.54, 1.807) is 24.5 Å². The zero-order chi connectivity index (χ0) is 23.7. The van der Waals surface area contributed by atoms with Crippen molar-refractivity contribution < 1.29 is 23.8 Å². The second-order valence-electron chi connectivity index (χ2n) is 7.76. The molecule has 3 aromatic heterocycles. The van der Waals surface area contributed by atoms with Crippen molar-refractivity contribution in [3.63, 3.8) is 0 Å². The van der Waals surface area contributed by atoms with Gasteiger partial charge in [-0.25, -0.2) is 9.18 Å². The summed E-state index contributed by atoms with van der Waals surface area (Å²) in [7, 11) is 0. The molecule has 0 spiro atoms. The number of rotatable bonds is 8. The summed E-state index contributed by atoms with van der Waals surface area (Å²) in [5.41, 5.74) is 1.55. The van der Waals surface area contributed by atoms with Crippen molar-refractivity contribution in [3.05, 3.63) is 48.5 Å². The van der Waals surface area contributed by atoms with Crippen molar-refractivity contribution in [2.45, 2.75) is 31.8 Å². The third-order valence-corrected chi connectivity index (χ3v) is 6.21. The molecule has 174 valence electrons. The van der Waals surface area contributed by atoms with Crippen LogP contribution in [0, 0.1) is 5.82 Å². The van der Waals surface area contributed by atoms with Crippen molar-refractivity contribution >= 4 is 39.2 Å². The van der Waals surface area contributed by atoms with Gasteiger partial charge < -0.3 is 20.5 Å². The Labute approximate surface area is 196 Å².